The Morgan fingerprint density at radius 3 is 2.60 bits per heavy atom. The number of thiazole rings is 1. The first-order valence-electron chi connectivity index (χ1n) is 10.4. The number of aromatic nitrogens is 1. The number of ether oxygens (including phenoxy) is 1. The van der Waals surface area contributed by atoms with Crippen LogP contribution in [-0.2, 0) is 11.3 Å². The van der Waals surface area contributed by atoms with E-state index in [1.54, 1.807) is 6.92 Å². The number of halogens is 1. The number of piperidine rings is 1. The average molecular weight is 442 g/mol. The molecule has 5 nitrogen and oxygen atoms in total. The average Bonchev–Trinajstić information content (AvgIpc) is 3.26. The van der Waals surface area contributed by atoms with E-state index in [0.717, 1.165) is 48.2 Å². The Bertz CT molecular complexity index is 1050. The Kier molecular flexibility index (Phi) is 5.39. The van der Waals surface area contributed by atoms with Crippen LogP contribution in [0.1, 0.15) is 38.2 Å². The zero-order chi connectivity index (χ0) is 20.7. The van der Waals surface area contributed by atoms with Crippen LogP contribution >= 0.6 is 22.9 Å². The maximum atomic E-state index is 11.9. The minimum absolute atomic E-state index is 0.229. The van der Waals surface area contributed by atoms with E-state index in [1.807, 2.05) is 30.3 Å². The molecule has 2 atom stereocenters. The first-order valence-corrected chi connectivity index (χ1v) is 11.6. The van der Waals surface area contributed by atoms with Crippen LogP contribution in [0.4, 0.5) is 0 Å². The van der Waals surface area contributed by atoms with Crippen LogP contribution < -0.4 is 10.1 Å². The molecule has 5 rings (SSSR count). The van der Waals surface area contributed by atoms with Crippen molar-refractivity contribution in [2.75, 3.05) is 0 Å². The molecule has 2 fully saturated rings. The topological polar surface area (TPSA) is 54.5 Å². The Labute approximate surface area is 185 Å². The van der Waals surface area contributed by atoms with Crippen LogP contribution in [0.15, 0.2) is 42.5 Å². The molecule has 2 unspecified atom stereocenters. The maximum absolute atomic E-state index is 11.9. The summed E-state index contributed by atoms with van der Waals surface area (Å²) in [6.07, 6.45) is 4.39. The van der Waals surface area contributed by atoms with Gasteiger partial charge in [-0.25, -0.2) is 4.98 Å². The molecule has 0 aliphatic carbocycles. The SMILES string of the molecule is CC(=O)N1C2CCC1CC(NCc1ccc(Oc3nc4cccc(Cl)c4s3)cc1)C2. The first kappa shape index (κ1) is 19.8. The molecule has 2 saturated heterocycles. The van der Waals surface area contributed by atoms with Crippen molar-refractivity contribution in [1.82, 2.24) is 15.2 Å². The number of carbonyl (C=O) groups excluding carboxylic acids is 1. The second kappa shape index (κ2) is 8.17. The van der Waals surface area contributed by atoms with E-state index in [-0.39, 0.29) is 5.91 Å². The van der Waals surface area contributed by atoms with E-state index in [4.69, 9.17) is 16.3 Å². The number of rotatable bonds is 5. The van der Waals surface area contributed by atoms with Crippen molar-refractivity contribution in [2.24, 2.45) is 0 Å². The fourth-order valence-electron chi connectivity index (χ4n) is 4.83. The number of hydrogen-bond acceptors (Lipinski definition) is 5. The summed E-state index contributed by atoms with van der Waals surface area (Å²) in [5, 5.41) is 4.98. The lowest BCUT2D eigenvalue weighted by molar-refractivity contribution is -0.133. The van der Waals surface area contributed by atoms with Gasteiger partial charge >= 0.3 is 0 Å². The van der Waals surface area contributed by atoms with E-state index >= 15 is 0 Å². The summed E-state index contributed by atoms with van der Waals surface area (Å²) in [5.41, 5.74) is 2.07. The van der Waals surface area contributed by atoms with Gasteiger partial charge in [0, 0.05) is 31.6 Å². The smallest absolute Gasteiger partial charge is 0.279 e. The van der Waals surface area contributed by atoms with Crippen molar-refractivity contribution in [2.45, 2.75) is 57.3 Å². The Balaban J connectivity index is 1.18. The van der Waals surface area contributed by atoms with E-state index in [2.05, 4.69) is 27.3 Å². The second-order valence-electron chi connectivity index (χ2n) is 8.17. The van der Waals surface area contributed by atoms with Gasteiger partial charge < -0.3 is 15.0 Å². The largest absolute Gasteiger partial charge is 0.431 e. The third-order valence-corrected chi connectivity index (χ3v) is 7.58. The van der Waals surface area contributed by atoms with Crippen LogP contribution in [0, 0.1) is 0 Å². The molecule has 2 aliphatic rings. The van der Waals surface area contributed by atoms with Gasteiger partial charge in [-0.3, -0.25) is 4.79 Å². The van der Waals surface area contributed by atoms with Crippen molar-refractivity contribution >= 4 is 39.1 Å². The normalized spacial score (nSPS) is 23.1. The summed E-state index contributed by atoms with van der Waals surface area (Å²) in [6.45, 7) is 2.52. The summed E-state index contributed by atoms with van der Waals surface area (Å²) in [5.74, 6) is 0.994. The first-order chi connectivity index (χ1) is 14.6. The summed E-state index contributed by atoms with van der Waals surface area (Å²) in [7, 11) is 0. The molecule has 1 N–H and O–H groups in total. The molecule has 30 heavy (non-hydrogen) atoms. The molecule has 2 aliphatic heterocycles. The van der Waals surface area contributed by atoms with E-state index in [0.29, 0.717) is 28.3 Å². The van der Waals surface area contributed by atoms with Crippen LogP contribution in [0.25, 0.3) is 10.2 Å². The quantitative estimate of drug-likeness (QED) is 0.578. The zero-order valence-corrected chi connectivity index (χ0v) is 18.4. The van der Waals surface area contributed by atoms with Crippen LogP contribution in [0.5, 0.6) is 10.9 Å². The highest BCUT2D eigenvalue weighted by atomic mass is 35.5. The number of fused-ring (bicyclic) bond motifs is 3. The van der Waals surface area contributed by atoms with Gasteiger partial charge in [0.1, 0.15) is 5.75 Å². The van der Waals surface area contributed by atoms with Gasteiger partial charge in [0.05, 0.1) is 15.2 Å². The number of benzene rings is 2. The number of amides is 1. The number of nitrogens with zero attached hydrogens (tertiary/aromatic N) is 2. The third kappa shape index (κ3) is 3.92. The predicted octanol–water partition coefficient (Wildman–Crippen LogP) is 5.37. The molecule has 1 aromatic heterocycles. The highest BCUT2D eigenvalue weighted by Gasteiger charge is 2.41. The number of nitrogens with one attached hydrogen (secondary N) is 1. The standard InChI is InChI=1S/C23H24ClN3O2S/c1-14(28)27-17-7-8-18(27)12-16(11-17)25-13-15-5-9-19(10-6-15)29-23-26-21-4-2-3-20(24)22(21)30-23/h2-6,9-10,16-18,25H,7-8,11-13H2,1H3. The monoisotopic (exact) mass is 441 g/mol. The van der Waals surface area contributed by atoms with Gasteiger partial charge in [0.2, 0.25) is 5.91 Å². The highest BCUT2D eigenvalue weighted by molar-refractivity contribution is 7.20. The fraction of sp³-hybridized carbons (Fsp3) is 0.391. The van der Waals surface area contributed by atoms with Gasteiger partial charge in [-0.1, -0.05) is 41.1 Å². The lowest BCUT2D eigenvalue weighted by atomic mass is 9.97. The molecule has 0 spiro atoms. The van der Waals surface area contributed by atoms with Crippen molar-refractivity contribution < 1.29 is 9.53 Å². The van der Waals surface area contributed by atoms with Crippen LogP contribution in [-0.4, -0.2) is 33.9 Å². The molecule has 3 heterocycles. The predicted molar refractivity (Wildman–Crippen MR) is 120 cm³/mol. The highest BCUT2D eigenvalue weighted by Crippen LogP contribution is 2.36. The van der Waals surface area contributed by atoms with Gasteiger partial charge in [-0.2, -0.15) is 0 Å². The molecule has 156 valence electrons. The van der Waals surface area contributed by atoms with E-state index < -0.39 is 0 Å². The molecule has 7 heteroatoms. The zero-order valence-electron chi connectivity index (χ0n) is 16.8. The Morgan fingerprint density at radius 2 is 1.93 bits per heavy atom. The van der Waals surface area contributed by atoms with Gasteiger partial charge in [-0.05, 0) is 55.5 Å². The molecule has 0 radical (unpaired) electrons. The molecule has 0 saturated carbocycles. The molecule has 2 bridgehead atoms. The van der Waals surface area contributed by atoms with Gasteiger partial charge in [-0.15, -0.1) is 0 Å². The minimum atomic E-state index is 0.229. The summed E-state index contributed by atoms with van der Waals surface area (Å²) in [6, 6.07) is 15.1. The van der Waals surface area contributed by atoms with Crippen molar-refractivity contribution in [1.29, 1.82) is 0 Å². The molecular weight excluding hydrogens is 418 g/mol. The lowest BCUT2D eigenvalue weighted by Gasteiger charge is -2.38. The molecular formula is C23H24ClN3O2S. The van der Waals surface area contributed by atoms with Crippen molar-refractivity contribution in [3.63, 3.8) is 0 Å². The minimum Gasteiger partial charge on any atom is -0.431 e. The van der Waals surface area contributed by atoms with Crippen molar-refractivity contribution in [3.8, 4) is 10.9 Å². The summed E-state index contributed by atoms with van der Waals surface area (Å²) in [4.78, 5) is 18.5. The Morgan fingerprint density at radius 1 is 1.20 bits per heavy atom. The molecule has 3 aromatic rings. The molecule has 2 aromatic carbocycles. The third-order valence-electron chi connectivity index (χ3n) is 6.17. The molecule has 1 amide bonds. The number of carbonyl (C=O) groups is 1. The van der Waals surface area contributed by atoms with Gasteiger partial charge in [0.25, 0.3) is 5.19 Å². The fourth-order valence-corrected chi connectivity index (χ4v) is 5.96. The van der Waals surface area contributed by atoms with Crippen LogP contribution in [0.2, 0.25) is 5.02 Å². The lowest BCUT2D eigenvalue weighted by Crippen LogP contribution is -2.50. The summed E-state index contributed by atoms with van der Waals surface area (Å²) < 4.78 is 6.87. The van der Waals surface area contributed by atoms with Crippen LogP contribution in [0.3, 0.4) is 0 Å². The maximum Gasteiger partial charge on any atom is 0.279 e. The summed E-state index contributed by atoms with van der Waals surface area (Å²) >= 11 is 7.68. The number of hydrogen-bond donors (Lipinski definition) is 1. The van der Waals surface area contributed by atoms with E-state index in [9.17, 15) is 4.79 Å². The van der Waals surface area contributed by atoms with Crippen molar-refractivity contribution in [3.05, 3.63) is 53.1 Å². The van der Waals surface area contributed by atoms with Gasteiger partial charge in [0.15, 0.2) is 0 Å². The van der Waals surface area contributed by atoms with E-state index in [1.165, 1.54) is 16.9 Å². The second-order valence-corrected chi connectivity index (χ2v) is 9.54. The Hall–Kier alpha value is -2.15.